The Morgan fingerprint density at radius 3 is 2.67 bits per heavy atom. The first-order valence-corrected chi connectivity index (χ1v) is 10.9. The van der Waals surface area contributed by atoms with Gasteiger partial charge in [-0.25, -0.2) is 4.39 Å². The van der Waals surface area contributed by atoms with E-state index in [0.717, 1.165) is 19.5 Å². The maximum atomic E-state index is 12.8. The summed E-state index contributed by atoms with van der Waals surface area (Å²) in [7, 11) is 0. The van der Waals surface area contributed by atoms with Crippen molar-refractivity contribution in [2.45, 2.75) is 45.1 Å². The Morgan fingerprint density at radius 1 is 1.19 bits per heavy atom. The topological polar surface area (TPSA) is 61.4 Å². The van der Waals surface area contributed by atoms with E-state index in [1.165, 1.54) is 61.7 Å². The van der Waals surface area contributed by atoms with E-state index in [1.807, 2.05) is 0 Å². The second-order valence-corrected chi connectivity index (χ2v) is 7.88. The molecule has 27 heavy (non-hydrogen) atoms. The van der Waals surface area contributed by atoms with Crippen molar-refractivity contribution in [3.05, 3.63) is 30.1 Å². The van der Waals surface area contributed by atoms with Crippen LogP contribution in [-0.4, -0.2) is 53.9 Å². The van der Waals surface area contributed by atoms with Gasteiger partial charge in [0.2, 0.25) is 11.8 Å². The van der Waals surface area contributed by atoms with Crippen molar-refractivity contribution in [1.82, 2.24) is 10.2 Å². The van der Waals surface area contributed by atoms with Gasteiger partial charge in [-0.3, -0.25) is 14.5 Å². The lowest BCUT2D eigenvalue weighted by Crippen LogP contribution is -2.47. The lowest BCUT2D eigenvalue weighted by molar-refractivity contribution is -0.118. The quantitative estimate of drug-likeness (QED) is 0.638. The van der Waals surface area contributed by atoms with E-state index in [2.05, 4.69) is 22.5 Å². The van der Waals surface area contributed by atoms with Gasteiger partial charge in [0.1, 0.15) is 5.82 Å². The number of carbonyl (C=O) groups is 2. The van der Waals surface area contributed by atoms with Crippen LogP contribution in [0.25, 0.3) is 0 Å². The summed E-state index contributed by atoms with van der Waals surface area (Å²) in [6.45, 7) is 5.11. The third kappa shape index (κ3) is 8.30. The van der Waals surface area contributed by atoms with Crippen LogP contribution in [0.4, 0.5) is 10.1 Å². The lowest BCUT2D eigenvalue weighted by atomic mass is 10.0. The number of carbonyl (C=O) groups excluding carboxylic acids is 2. The molecule has 150 valence electrons. The molecular formula is C20H30FN3O2S. The number of unbranched alkanes of at least 4 members (excludes halogenated alkanes) is 1. The molecule has 1 heterocycles. The third-order valence-corrected chi connectivity index (χ3v) is 5.61. The number of nitrogens with zero attached hydrogens (tertiary/aromatic N) is 1. The molecule has 1 saturated heterocycles. The van der Waals surface area contributed by atoms with Crippen LogP contribution in [-0.2, 0) is 9.59 Å². The largest absolute Gasteiger partial charge is 0.354 e. The van der Waals surface area contributed by atoms with Gasteiger partial charge in [0.25, 0.3) is 0 Å². The van der Waals surface area contributed by atoms with E-state index in [1.54, 1.807) is 0 Å². The molecule has 2 N–H and O–H groups in total. The maximum absolute atomic E-state index is 12.8. The zero-order chi connectivity index (χ0) is 19.5. The van der Waals surface area contributed by atoms with Gasteiger partial charge in [0.15, 0.2) is 0 Å². The van der Waals surface area contributed by atoms with Gasteiger partial charge < -0.3 is 10.6 Å². The molecule has 1 atom stereocenters. The molecule has 1 aliphatic heterocycles. The van der Waals surface area contributed by atoms with E-state index < -0.39 is 0 Å². The van der Waals surface area contributed by atoms with Gasteiger partial charge in [0.05, 0.1) is 11.5 Å². The highest BCUT2D eigenvalue weighted by Crippen LogP contribution is 2.17. The maximum Gasteiger partial charge on any atom is 0.234 e. The average molecular weight is 396 g/mol. The van der Waals surface area contributed by atoms with E-state index >= 15 is 0 Å². The van der Waals surface area contributed by atoms with E-state index in [9.17, 15) is 14.0 Å². The summed E-state index contributed by atoms with van der Waals surface area (Å²) in [6.07, 6.45) is 5.99. The van der Waals surface area contributed by atoms with E-state index in [0.29, 0.717) is 18.3 Å². The summed E-state index contributed by atoms with van der Waals surface area (Å²) >= 11 is 1.28. The van der Waals surface area contributed by atoms with Crippen molar-refractivity contribution in [3.8, 4) is 0 Å². The minimum atomic E-state index is -0.342. The van der Waals surface area contributed by atoms with Crippen molar-refractivity contribution in [1.29, 1.82) is 0 Å². The Balaban J connectivity index is 1.62. The molecule has 0 saturated carbocycles. The monoisotopic (exact) mass is 395 g/mol. The summed E-state index contributed by atoms with van der Waals surface area (Å²) in [4.78, 5) is 26.4. The molecule has 7 heteroatoms. The van der Waals surface area contributed by atoms with Crippen LogP contribution in [0.5, 0.6) is 0 Å². The Hall–Kier alpha value is -1.60. The highest BCUT2D eigenvalue weighted by Gasteiger charge is 2.22. The van der Waals surface area contributed by atoms with Crippen molar-refractivity contribution < 1.29 is 14.0 Å². The van der Waals surface area contributed by atoms with Crippen LogP contribution < -0.4 is 10.6 Å². The number of hydrogen-bond acceptors (Lipinski definition) is 4. The van der Waals surface area contributed by atoms with Gasteiger partial charge in [0, 0.05) is 18.3 Å². The number of nitrogens with one attached hydrogen (secondary N) is 2. The number of thioether (sulfide) groups is 1. The first kappa shape index (κ1) is 21.7. The number of piperidine rings is 1. The molecule has 1 fully saturated rings. The molecular weight excluding hydrogens is 365 g/mol. The molecule has 1 aromatic carbocycles. The minimum absolute atomic E-state index is 0.0319. The van der Waals surface area contributed by atoms with Gasteiger partial charge in [-0.05, 0) is 56.6 Å². The summed E-state index contributed by atoms with van der Waals surface area (Å²) in [6, 6.07) is 6.05. The molecule has 0 aliphatic carbocycles. The predicted octanol–water partition coefficient (Wildman–Crippen LogP) is 3.27. The number of hydrogen-bond donors (Lipinski definition) is 2. The predicted molar refractivity (Wildman–Crippen MR) is 109 cm³/mol. The minimum Gasteiger partial charge on any atom is -0.354 e. The van der Waals surface area contributed by atoms with Crippen molar-refractivity contribution in [2.24, 2.45) is 0 Å². The number of likely N-dealkylation sites (tertiary alicyclic amines) is 1. The average Bonchev–Trinajstić information content (AvgIpc) is 2.67. The molecule has 2 amide bonds. The van der Waals surface area contributed by atoms with Gasteiger partial charge in [-0.15, -0.1) is 11.8 Å². The highest BCUT2D eigenvalue weighted by molar-refractivity contribution is 8.00. The van der Waals surface area contributed by atoms with Crippen LogP contribution >= 0.6 is 11.8 Å². The van der Waals surface area contributed by atoms with Crippen LogP contribution in [0.1, 0.15) is 39.0 Å². The summed E-state index contributed by atoms with van der Waals surface area (Å²) in [5.74, 6) is -0.117. The molecule has 0 radical (unpaired) electrons. The molecule has 1 unspecified atom stereocenters. The summed E-state index contributed by atoms with van der Waals surface area (Å²) < 4.78 is 12.8. The van der Waals surface area contributed by atoms with Gasteiger partial charge in [-0.1, -0.05) is 19.8 Å². The van der Waals surface area contributed by atoms with Crippen LogP contribution in [0.15, 0.2) is 24.3 Å². The molecule has 1 aliphatic rings. The smallest absolute Gasteiger partial charge is 0.234 e. The van der Waals surface area contributed by atoms with Crippen LogP contribution in [0.2, 0.25) is 0 Å². The summed E-state index contributed by atoms with van der Waals surface area (Å²) in [5.41, 5.74) is 0.552. The molecule has 1 aromatic rings. The fourth-order valence-electron chi connectivity index (χ4n) is 3.20. The molecule has 2 rings (SSSR count). The second kappa shape index (κ2) is 12.0. The number of rotatable bonds is 10. The number of anilines is 1. The second-order valence-electron chi connectivity index (χ2n) is 6.89. The Bertz CT molecular complexity index is 597. The Labute approximate surface area is 165 Å². The van der Waals surface area contributed by atoms with Crippen molar-refractivity contribution in [2.75, 3.05) is 36.5 Å². The Morgan fingerprint density at radius 2 is 1.93 bits per heavy atom. The Kier molecular flexibility index (Phi) is 9.62. The first-order valence-electron chi connectivity index (χ1n) is 9.72. The number of benzene rings is 1. The molecule has 0 aromatic heterocycles. The number of halogens is 1. The zero-order valence-corrected chi connectivity index (χ0v) is 16.8. The van der Waals surface area contributed by atoms with Crippen molar-refractivity contribution in [3.63, 3.8) is 0 Å². The normalized spacial score (nSPS) is 17.5. The fraction of sp³-hybridized carbons (Fsp3) is 0.600. The lowest BCUT2D eigenvalue weighted by Gasteiger charge is -2.35. The molecule has 0 bridgehead atoms. The van der Waals surface area contributed by atoms with Crippen LogP contribution in [0.3, 0.4) is 0 Å². The summed E-state index contributed by atoms with van der Waals surface area (Å²) in [5, 5.41) is 5.70. The van der Waals surface area contributed by atoms with Gasteiger partial charge >= 0.3 is 0 Å². The number of amides is 2. The molecule has 5 nitrogen and oxygen atoms in total. The van der Waals surface area contributed by atoms with E-state index in [-0.39, 0.29) is 29.1 Å². The first-order chi connectivity index (χ1) is 13.1. The third-order valence-electron chi connectivity index (χ3n) is 4.68. The molecule has 0 spiro atoms. The van der Waals surface area contributed by atoms with Crippen molar-refractivity contribution >= 4 is 29.3 Å². The zero-order valence-electron chi connectivity index (χ0n) is 16.0. The van der Waals surface area contributed by atoms with Gasteiger partial charge in [-0.2, -0.15) is 0 Å². The van der Waals surface area contributed by atoms with E-state index in [4.69, 9.17) is 0 Å². The fourth-order valence-corrected chi connectivity index (χ4v) is 3.84. The standard InChI is InChI=1S/C20H30FN3O2S/c1-2-3-11-24-12-5-4-6-18(24)13-22-19(25)14-27-15-20(26)23-17-9-7-16(21)8-10-17/h7-10,18H,2-6,11-15H2,1H3,(H,22,25)(H,23,26). The highest BCUT2D eigenvalue weighted by atomic mass is 32.2. The van der Waals surface area contributed by atoms with Crippen LogP contribution in [0, 0.1) is 5.82 Å². The SMILES string of the molecule is CCCCN1CCCCC1CNC(=O)CSCC(=O)Nc1ccc(F)cc1.